The fourth-order valence-electron chi connectivity index (χ4n) is 3.95. The van der Waals surface area contributed by atoms with Crippen LogP contribution in [-0.4, -0.2) is 59.6 Å². The number of carboxylic acid groups (broad SMARTS) is 1. The number of hydrogen-bond acceptors (Lipinski definition) is 3. The van der Waals surface area contributed by atoms with Gasteiger partial charge in [0.25, 0.3) is 0 Å². The molecule has 0 atom stereocenters. The van der Waals surface area contributed by atoms with Crippen LogP contribution in [0.25, 0.3) is 0 Å². The highest BCUT2D eigenvalue weighted by Gasteiger charge is 2.30. The van der Waals surface area contributed by atoms with Gasteiger partial charge in [0.2, 0.25) is 0 Å². The van der Waals surface area contributed by atoms with E-state index in [0.29, 0.717) is 6.04 Å². The quantitative estimate of drug-likeness (QED) is 0.906. The molecule has 1 aromatic carbocycles. The molecule has 2 aliphatic rings. The summed E-state index contributed by atoms with van der Waals surface area (Å²) in [4.78, 5) is 16.2. The van der Waals surface area contributed by atoms with E-state index >= 15 is 0 Å². The molecule has 4 nitrogen and oxygen atoms in total. The van der Waals surface area contributed by atoms with Gasteiger partial charge >= 0.3 is 5.97 Å². The fraction of sp³-hybridized carbons (Fsp3) is 0.632. The number of likely N-dealkylation sites (tertiary alicyclic amines) is 2. The first kappa shape index (κ1) is 16.5. The van der Waals surface area contributed by atoms with Crippen LogP contribution in [-0.2, 0) is 11.2 Å². The van der Waals surface area contributed by atoms with E-state index < -0.39 is 5.97 Å². The molecular formula is C19H28N2O2. The Kier molecular flexibility index (Phi) is 5.68. The van der Waals surface area contributed by atoms with E-state index in [0.717, 1.165) is 38.9 Å². The molecule has 0 bridgehead atoms. The Morgan fingerprint density at radius 2 is 1.65 bits per heavy atom. The number of hydrogen-bond donors (Lipinski definition) is 1. The van der Waals surface area contributed by atoms with Crippen LogP contribution in [0.5, 0.6) is 0 Å². The van der Waals surface area contributed by atoms with Gasteiger partial charge in [-0.15, -0.1) is 0 Å². The van der Waals surface area contributed by atoms with Crippen molar-refractivity contribution in [2.75, 3.05) is 32.7 Å². The minimum absolute atomic E-state index is 0.114. The van der Waals surface area contributed by atoms with Gasteiger partial charge in [0.1, 0.15) is 0 Å². The number of aliphatic carboxylic acids is 1. The van der Waals surface area contributed by atoms with Crippen molar-refractivity contribution in [2.45, 2.75) is 38.1 Å². The normalized spacial score (nSPS) is 22.3. The molecule has 0 unspecified atom stereocenters. The summed E-state index contributed by atoms with van der Waals surface area (Å²) in [6.07, 6.45) is 5.24. The van der Waals surface area contributed by atoms with Gasteiger partial charge in [-0.2, -0.15) is 0 Å². The molecular weight excluding hydrogens is 288 g/mol. The largest absolute Gasteiger partial charge is 0.481 e. The summed E-state index contributed by atoms with van der Waals surface area (Å²) in [6.45, 7) is 5.43. The van der Waals surface area contributed by atoms with Gasteiger partial charge in [-0.25, -0.2) is 0 Å². The maximum Gasteiger partial charge on any atom is 0.306 e. The van der Waals surface area contributed by atoms with E-state index in [1.165, 1.54) is 31.5 Å². The molecule has 126 valence electrons. The van der Waals surface area contributed by atoms with E-state index in [4.69, 9.17) is 5.11 Å². The summed E-state index contributed by atoms with van der Waals surface area (Å²) in [5.41, 5.74) is 1.42. The Balaban J connectivity index is 1.38. The van der Waals surface area contributed by atoms with Crippen molar-refractivity contribution >= 4 is 5.97 Å². The zero-order valence-corrected chi connectivity index (χ0v) is 13.9. The summed E-state index contributed by atoms with van der Waals surface area (Å²) in [7, 11) is 0. The maximum atomic E-state index is 11.0. The van der Waals surface area contributed by atoms with E-state index in [9.17, 15) is 4.79 Å². The van der Waals surface area contributed by atoms with Crippen molar-refractivity contribution in [3.63, 3.8) is 0 Å². The summed E-state index contributed by atoms with van der Waals surface area (Å²) in [5.74, 6) is -0.724. The lowest BCUT2D eigenvalue weighted by Gasteiger charge is -2.41. The molecule has 0 saturated carbocycles. The van der Waals surface area contributed by atoms with Crippen LogP contribution in [0.2, 0.25) is 0 Å². The third kappa shape index (κ3) is 4.55. The van der Waals surface area contributed by atoms with Crippen molar-refractivity contribution in [1.29, 1.82) is 0 Å². The smallest absolute Gasteiger partial charge is 0.306 e. The zero-order valence-electron chi connectivity index (χ0n) is 13.9. The summed E-state index contributed by atoms with van der Waals surface area (Å²) in [6, 6.07) is 11.4. The Bertz CT molecular complexity index is 489. The van der Waals surface area contributed by atoms with Crippen LogP contribution < -0.4 is 0 Å². The number of carbonyl (C=O) groups is 1. The van der Waals surface area contributed by atoms with Crippen molar-refractivity contribution in [3.8, 4) is 0 Å². The molecule has 0 aromatic heterocycles. The molecule has 0 aliphatic carbocycles. The second kappa shape index (κ2) is 7.93. The van der Waals surface area contributed by atoms with Gasteiger partial charge in [0, 0.05) is 12.6 Å². The number of piperidine rings is 2. The molecule has 2 saturated heterocycles. The van der Waals surface area contributed by atoms with Crippen molar-refractivity contribution in [2.24, 2.45) is 5.92 Å². The van der Waals surface area contributed by atoms with Crippen LogP contribution in [0.15, 0.2) is 30.3 Å². The zero-order chi connectivity index (χ0) is 16.1. The number of rotatable bonds is 5. The van der Waals surface area contributed by atoms with Gasteiger partial charge in [-0.05, 0) is 63.8 Å². The third-order valence-electron chi connectivity index (χ3n) is 5.51. The van der Waals surface area contributed by atoms with Crippen LogP contribution >= 0.6 is 0 Å². The summed E-state index contributed by atoms with van der Waals surface area (Å²) < 4.78 is 0. The van der Waals surface area contributed by atoms with Crippen molar-refractivity contribution in [3.05, 3.63) is 35.9 Å². The Labute approximate surface area is 139 Å². The van der Waals surface area contributed by atoms with Crippen LogP contribution in [0.3, 0.4) is 0 Å². The first-order valence-corrected chi connectivity index (χ1v) is 8.95. The standard InChI is InChI=1S/C19H28N2O2/c22-19(23)17-7-14-21(15-8-17)18-9-12-20(13-10-18)11-6-16-4-2-1-3-5-16/h1-5,17-18H,6-15H2,(H,22,23). The third-order valence-corrected chi connectivity index (χ3v) is 5.51. The SMILES string of the molecule is O=C(O)C1CCN(C2CCN(CCc3ccccc3)CC2)CC1. The first-order chi connectivity index (χ1) is 11.2. The minimum Gasteiger partial charge on any atom is -0.481 e. The molecule has 0 amide bonds. The van der Waals surface area contributed by atoms with Gasteiger partial charge in [0.05, 0.1) is 5.92 Å². The highest BCUT2D eigenvalue weighted by molar-refractivity contribution is 5.70. The van der Waals surface area contributed by atoms with Gasteiger partial charge in [-0.1, -0.05) is 30.3 Å². The summed E-state index contributed by atoms with van der Waals surface area (Å²) in [5, 5.41) is 9.10. The molecule has 1 aromatic rings. The maximum absolute atomic E-state index is 11.0. The van der Waals surface area contributed by atoms with E-state index in [2.05, 4.69) is 40.1 Å². The van der Waals surface area contributed by atoms with Crippen molar-refractivity contribution in [1.82, 2.24) is 9.80 Å². The molecule has 2 fully saturated rings. The number of benzene rings is 1. The lowest BCUT2D eigenvalue weighted by molar-refractivity contribution is -0.143. The molecule has 23 heavy (non-hydrogen) atoms. The minimum atomic E-state index is -0.611. The molecule has 4 heteroatoms. The molecule has 2 heterocycles. The summed E-state index contributed by atoms with van der Waals surface area (Å²) >= 11 is 0. The first-order valence-electron chi connectivity index (χ1n) is 8.95. The Morgan fingerprint density at radius 1 is 1.00 bits per heavy atom. The molecule has 0 spiro atoms. The Morgan fingerprint density at radius 3 is 2.26 bits per heavy atom. The van der Waals surface area contributed by atoms with E-state index in [1.807, 2.05) is 0 Å². The topological polar surface area (TPSA) is 43.8 Å². The van der Waals surface area contributed by atoms with Gasteiger partial charge in [0.15, 0.2) is 0 Å². The lowest BCUT2D eigenvalue weighted by atomic mass is 9.93. The lowest BCUT2D eigenvalue weighted by Crippen LogP contribution is -2.48. The number of nitrogens with zero attached hydrogens (tertiary/aromatic N) is 2. The van der Waals surface area contributed by atoms with Gasteiger partial charge < -0.3 is 14.9 Å². The molecule has 1 N–H and O–H groups in total. The molecule has 0 radical (unpaired) electrons. The van der Waals surface area contributed by atoms with E-state index in [1.54, 1.807) is 0 Å². The Hall–Kier alpha value is -1.39. The highest BCUT2D eigenvalue weighted by atomic mass is 16.4. The highest BCUT2D eigenvalue weighted by Crippen LogP contribution is 2.24. The average molecular weight is 316 g/mol. The second-order valence-electron chi connectivity index (χ2n) is 6.96. The van der Waals surface area contributed by atoms with E-state index in [-0.39, 0.29) is 5.92 Å². The van der Waals surface area contributed by atoms with Crippen LogP contribution in [0.1, 0.15) is 31.2 Å². The average Bonchev–Trinajstić information content (AvgIpc) is 2.61. The monoisotopic (exact) mass is 316 g/mol. The van der Waals surface area contributed by atoms with Gasteiger partial charge in [-0.3, -0.25) is 4.79 Å². The van der Waals surface area contributed by atoms with Crippen LogP contribution in [0, 0.1) is 5.92 Å². The fourth-order valence-corrected chi connectivity index (χ4v) is 3.95. The van der Waals surface area contributed by atoms with Crippen LogP contribution in [0.4, 0.5) is 0 Å². The predicted octanol–water partition coefficient (Wildman–Crippen LogP) is 2.49. The second-order valence-corrected chi connectivity index (χ2v) is 6.96. The van der Waals surface area contributed by atoms with Crippen molar-refractivity contribution < 1.29 is 9.90 Å². The predicted molar refractivity (Wildman–Crippen MR) is 91.5 cm³/mol. The number of carboxylic acids is 1. The molecule has 3 rings (SSSR count). The molecule has 2 aliphatic heterocycles.